The highest BCUT2D eigenvalue weighted by molar-refractivity contribution is 5.83. The molecule has 0 amide bonds. The van der Waals surface area contributed by atoms with Gasteiger partial charge in [0.2, 0.25) is 0 Å². The molecule has 0 saturated heterocycles. The quantitative estimate of drug-likeness (QED) is 0.121. The van der Waals surface area contributed by atoms with E-state index in [1.54, 1.807) is 0 Å². The fourth-order valence-corrected chi connectivity index (χ4v) is 9.77. The Kier molecular flexibility index (Phi) is 12.1. The molecule has 326 valence electrons. The lowest BCUT2D eigenvalue weighted by molar-refractivity contribution is 0.881. The summed E-state index contributed by atoms with van der Waals surface area (Å²) in [6.07, 6.45) is 13.4. The molecule has 2 nitrogen and oxygen atoms in total. The Morgan fingerprint density at radius 1 is 0.265 bits per heavy atom. The van der Waals surface area contributed by atoms with Gasteiger partial charge in [-0.25, -0.2) is 0 Å². The second-order valence-corrected chi connectivity index (χ2v) is 17.6. The lowest BCUT2D eigenvalue weighted by Crippen LogP contribution is -2.19. The molecule has 2 heteroatoms. The Morgan fingerprint density at radius 2 is 0.618 bits per heavy atom. The summed E-state index contributed by atoms with van der Waals surface area (Å²) in [5.74, 6) is 0. The van der Waals surface area contributed by atoms with Gasteiger partial charge in [-0.3, -0.25) is 0 Å². The first-order valence-electron chi connectivity index (χ1n) is 23.8. The first-order chi connectivity index (χ1) is 33.7. The Labute approximate surface area is 401 Å². The summed E-state index contributed by atoms with van der Waals surface area (Å²) in [5.41, 5.74) is 22.0. The third-order valence-electron chi connectivity index (χ3n) is 13.3. The zero-order chi connectivity index (χ0) is 45.5. The van der Waals surface area contributed by atoms with Gasteiger partial charge >= 0.3 is 0 Å². The normalized spacial score (nSPS) is 13.4. The van der Waals surface area contributed by atoms with E-state index in [1.165, 1.54) is 72.5 Å². The van der Waals surface area contributed by atoms with Gasteiger partial charge in [-0.2, -0.15) is 0 Å². The van der Waals surface area contributed by atoms with Gasteiger partial charge in [-0.1, -0.05) is 200 Å². The van der Waals surface area contributed by atoms with Crippen LogP contribution >= 0.6 is 0 Å². The van der Waals surface area contributed by atoms with Crippen LogP contribution in [-0.4, -0.2) is 0 Å². The van der Waals surface area contributed by atoms with Crippen molar-refractivity contribution in [2.45, 2.75) is 25.7 Å². The van der Waals surface area contributed by atoms with E-state index in [1.807, 2.05) is 0 Å². The minimum absolute atomic E-state index is 0.963. The van der Waals surface area contributed by atoms with Crippen molar-refractivity contribution in [2.24, 2.45) is 0 Å². The highest BCUT2D eigenvalue weighted by Crippen LogP contribution is 2.43. The fraction of sp³-hybridized carbons (Fsp3) is 0.0606. The lowest BCUT2D eigenvalue weighted by atomic mass is 9.85. The summed E-state index contributed by atoms with van der Waals surface area (Å²) < 4.78 is 0. The molecule has 68 heavy (non-hydrogen) atoms. The van der Waals surface area contributed by atoms with Crippen LogP contribution in [0.4, 0.5) is 28.4 Å². The molecule has 0 aromatic heterocycles. The average molecular weight is 873 g/mol. The molecule has 9 aromatic rings. The molecule has 0 atom stereocenters. The molecular formula is C66H52N2. The summed E-state index contributed by atoms with van der Waals surface area (Å²) in [7, 11) is 0. The molecule has 0 aliphatic heterocycles. The van der Waals surface area contributed by atoms with Crippen LogP contribution < -0.4 is 9.80 Å². The minimum atomic E-state index is 0.963. The van der Waals surface area contributed by atoms with Crippen molar-refractivity contribution in [3.05, 3.63) is 289 Å². The highest BCUT2D eigenvalue weighted by atomic mass is 15.2. The predicted octanol–water partition coefficient (Wildman–Crippen LogP) is 18.4. The van der Waals surface area contributed by atoms with Crippen molar-refractivity contribution in [3.63, 3.8) is 0 Å². The van der Waals surface area contributed by atoms with Crippen LogP contribution in [0, 0.1) is 0 Å². The standard InChI is InChI=1S/C66H52N2/c1-5-16-49(17-6-1)53-32-40-60(41-33-53)67(61-42-34-54(35-43-61)50-18-7-2-8-19-50)64-25-15-24-59(48-64)57-28-30-58(31-29-57)65-26-13-14-27-66(65)68(62-44-36-55(37-45-62)51-20-9-3-10-21-51)63-46-38-56(39-47-63)52-22-11-4-12-23-52/h1-12,14-25,27-28,30,32-48H,13,26,29,31H2. The molecule has 0 heterocycles. The molecule has 0 fully saturated rings. The monoisotopic (exact) mass is 872 g/mol. The van der Waals surface area contributed by atoms with Gasteiger partial charge in [-0.05, 0) is 159 Å². The van der Waals surface area contributed by atoms with Crippen LogP contribution in [0.15, 0.2) is 284 Å². The highest BCUT2D eigenvalue weighted by Gasteiger charge is 2.23. The van der Waals surface area contributed by atoms with Crippen molar-refractivity contribution in [2.75, 3.05) is 9.80 Å². The Morgan fingerprint density at radius 3 is 1.01 bits per heavy atom. The van der Waals surface area contributed by atoms with Crippen molar-refractivity contribution in [3.8, 4) is 44.5 Å². The van der Waals surface area contributed by atoms with E-state index >= 15 is 0 Å². The molecule has 0 N–H and O–H groups in total. The van der Waals surface area contributed by atoms with Gasteiger partial charge in [0.1, 0.15) is 0 Å². The molecule has 0 bridgehead atoms. The van der Waals surface area contributed by atoms with Crippen LogP contribution in [0.2, 0.25) is 0 Å². The second-order valence-electron chi connectivity index (χ2n) is 17.6. The maximum Gasteiger partial charge on any atom is 0.0493 e. The predicted molar refractivity (Wildman–Crippen MR) is 289 cm³/mol. The molecule has 9 aromatic carbocycles. The van der Waals surface area contributed by atoms with Gasteiger partial charge in [0, 0.05) is 34.1 Å². The second kappa shape index (κ2) is 19.6. The van der Waals surface area contributed by atoms with E-state index in [0.29, 0.717) is 0 Å². The van der Waals surface area contributed by atoms with Gasteiger partial charge < -0.3 is 9.80 Å². The molecular weight excluding hydrogens is 821 g/mol. The molecule has 11 rings (SSSR count). The fourth-order valence-electron chi connectivity index (χ4n) is 9.77. The maximum absolute atomic E-state index is 2.46. The van der Waals surface area contributed by atoms with E-state index in [0.717, 1.165) is 54.1 Å². The summed E-state index contributed by atoms with van der Waals surface area (Å²) in [5, 5.41) is 0. The molecule has 0 spiro atoms. The first kappa shape index (κ1) is 42.2. The van der Waals surface area contributed by atoms with Gasteiger partial charge in [0.15, 0.2) is 0 Å². The van der Waals surface area contributed by atoms with Crippen LogP contribution in [0.1, 0.15) is 31.2 Å². The number of hydrogen-bond donors (Lipinski definition) is 0. The SMILES string of the molecule is C1=CC(N(c2ccc(-c3ccccc3)cc2)c2ccc(-c3ccccc3)cc2)=C(C2=CC=C(c3cccc(N(c4ccc(-c5ccccc5)cc4)c4ccc(-c5ccccc5)cc4)c3)CC2)CC1. The minimum Gasteiger partial charge on any atom is -0.310 e. The van der Waals surface area contributed by atoms with Crippen LogP contribution in [0.25, 0.3) is 50.1 Å². The number of hydrogen-bond acceptors (Lipinski definition) is 2. The Bertz CT molecular complexity index is 3090. The average Bonchev–Trinajstić information content (AvgIpc) is 3.43. The topological polar surface area (TPSA) is 6.48 Å². The van der Waals surface area contributed by atoms with Gasteiger partial charge in [0.05, 0.1) is 0 Å². The molecule has 2 aliphatic carbocycles. The van der Waals surface area contributed by atoms with E-state index in [-0.39, 0.29) is 0 Å². The number of rotatable bonds is 12. The number of nitrogens with zero attached hydrogens (tertiary/aromatic N) is 2. The summed E-state index contributed by atoms with van der Waals surface area (Å²) in [4.78, 5) is 4.85. The van der Waals surface area contributed by atoms with Gasteiger partial charge in [0.25, 0.3) is 0 Å². The van der Waals surface area contributed by atoms with E-state index in [9.17, 15) is 0 Å². The zero-order valence-electron chi connectivity index (χ0n) is 38.1. The largest absolute Gasteiger partial charge is 0.310 e. The van der Waals surface area contributed by atoms with Crippen molar-refractivity contribution >= 4 is 34.0 Å². The van der Waals surface area contributed by atoms with Crippen molar-refractivity contribution < 1.29 is 0 Å². The van der Waals surface area contributed by atoms with E-state index in [2.05, 4.69) is 277 Å². The third-order valence-corrected chi connectivity index (χ3v) is 13.3. The summed E-state index contributed by atoms with van der Waals surface area (Å²) >= 11 is 0. The molecule has 0 saturated carbocycles. The smallest absolute Gasteiger partial charge is 0.0493 e. The number of anilines is 5. The summed E-state index contributed by atoms with van der Waals surface area (Å²) in [6.45, 7) is 0. The Balaban J connectivity index is 0.938. The van der Waals surface area contributed by atoms with E-state index < -0.39 is 0 Å². The summed E-state index contributed by atoms with van der Waals surface area (Å²) in [6, 6.07) is 87.7. The zero-order valence-corrected chi connectivity index (χ0v) is 38.1. The Hall–Kier alpha value is -8.46. The van der Waals surface area contributed by atoms with Crippen molar-refractivity contribution in [1.82, 2.24) is 0 Å². The number of allylic oxidation sites excluding steroid dienone is 7. The molecule has 0 radical (unpaired) electrons. The lowest BCUT2D eigenvalue weighted by Gasteiger charge is -2.32. The van der Waals surface area contributed by atoms with Crippen LogP contribution in [0.3, 0.4) is 0 Å². The maximum atomic E-state index is 2.46. The first-order valence-corrected chi connectivity index (χ1v) is 23.8. The molecule has 0 unspecified atom stereocenters. The van der Waals surface area contributed by atoms with Crippen molar-refractivity contribution in [1.29, 1.82) is 0 Å². The van der Waals surface area contributed by atoms with E-state index in [4.69, 9.17) is 0 Å². The van der Waals surface area contributed by atoms with Gasteiger partial charge in [-0.15, -0.1) is 0 Å². The third kappa shape index (κ3) is 9.05. The van der Waals surface area contributed by atoms with Crippen LogP contribution in [0.5, 0.6) is 0 Å². The number of benzene rings is 9. The molecule has 2 aliphatic rings. The van der Waals surface area contributed by atoms with Crippen LogP contribution in [-0.2, 0) is 0 Å².